The fourth-order valence-electron chi connectivity index (χ4n) is 1.48. The van der Waals surface area contributed by atoms with Crippen molar-refractivity contribution in [2.45, 2.75) is 38.6 Å². The number of aryl methyl sites for hydroxylation is 1. The fourth-order valence-corrected chi connectivity index (χ4v) is 1.48. The van der Waals surface area contributed by atoms with Crippen LogP contribution in [0.5, 0.6) is 5.75 Å². The van der Waals surface area contributed by atoms with Gasteiger partial charge in [-0.15, -0.1) is 0 Å². The number of hydrogen-bond acceptors (Lipinski definition) is 2. The Kier molecular flexibility index (Phi) is 4.47. The molecule has 1 aromatic carbocycles. The Bertz CT molecular complexity index is 273. The molecule has 0 aliphatic carbocycles. The quantitative estimate of drug-likeness (QED) is 0.754. The smallest absolute Gasteiger partial charge is 0.115 e. The zero-order valence-corrected chi connectivity index (χ0v) is 8.74. The van der Waals surface area contributed by atoms with Crippen LogP contribution in [-0.4, -0.2) is 11.1 Å². The molecule has 1 atom stereocenters. The van der Waals surface area contributed by atoms with Gasteiger partial charge in [-0.25, -0.2) is 0 Å². The number of benzene rings is 1. The lowest BCUT2D eigenvalue weighted by Crippen LogP contribution is -2.18. The molecule has 0 aliphatic heterocycles. The van der Waals surface area contributed by atoms with Crippen molar-refractivity contribution in [3.8, 4) is 5.75 Å². The maximum Gasteiger partial charge on any atom is 0.115 e. The van der Waals surface area contributed by atoms with E-state index in [1.165, 1.54) is 5.56 Å². The van der Waals surface area contributed by atoms with Gasteiger partial charge in [0.15, 0.2) is 0 Å². The summed E-state index contributed by atoms with van der Waals surface area (Å²) in [5.74, 6) is 0.349. The van der Waals surface area contributed by atoms with Gasteiger partial charge in [-0.3, -0.25) is 0 Å². The minimum Gasteiger partial charge on any atom is -0.508 e. The summed E-state index contributed by atoms with van der Waals surface area (Å²) in [5.41, 5.74) is 7.01. The van der Waals surface area contributed by atoms with Crippen LogP contribution in [-0.2, 0) is 6.42 Å². The van der Waals surface area contributed by atoms with Gasteiger partial charge in [0.05, 0.1) is 0 Å². The molecule has 1 aromatic rings. The number of hydrogen-bond donors (Lipinski definition) is 2. The summed E-state index contributed by atoms with van der Waals surface area (Å²) in [7, 11) is 0. The summed E-state index contributed by atoms with van der Waals surface area (Å²) in [6.07, 6.45) is 4.20. The van der Waals surface area contributed by atoms with E-state index in [0.717, 1.165) is 25.7 Å². The Hall–Kier alpha value is -1.02. The van der Waals surface area contributed by atoms with Crippen molar-refractivity contribution in [1.29, 1.82) is 0 Å². The van der Waals surface area contributed by atoms with Gasteiger partial charge in [0.2, 0.25) is 0 Å². The Morgan fingerprint density at radius 3 is 2.86 bits per heavy atom. The zero-order chi connectivity index (χ0) is 10.4. The van der Waals surface area contributed by atoms with Crippen LogP contribution in [0.3, 0.4) is 0 Å². The highest BCUT2D eigenvalue weighted by molar-refractivity contribution is 5.27. The molecule has 0 spiro atoms. The minimum atomic E-state index is 0.326. The van der Waals surface area contributed by atoms with Crippen LogP contribution in [0.1, 0.15) is 31.7 Å². The lowest BCUT2D eigenvalue weighted by atomic mass is 10.0. The Balaban J connectivity index is 2.31. The highest BCUT2D eigenvalue weighted by Crippen LogP contribution is 2.13. The molecule has 2 heteroatoms. The van der Waals surface area contributed by atoms with E-state index in [9.17, 15) is 5.11 Å². The molecule has 0 aliphatic rings. The number of nitrogens with two attached hydrogens (primary N) is 1. The molecule has 78 valence electrons. The first-order chi connectivity index (χ1) is 6.72. The molecule has 0 fully saturated rings. The summed E-state index contributed by atoms with van der Waals surface area (Å²) in [6.45, 7) is 2.11. The first-order valence-electron chi connectivity index (χ1n) is 5.26. The average molecular weight is 193 g/mol. The van der Waals surface area contributed by atoms with Gasteiger partial charge >= 0.3 is 0 Å². The average Bonchev–Trinajstić information content (AvgIpc) is 2.17. The third-order valence-electron chi connectivity index (χ3n) is 2.48. The van der Waals surface area contributed by atoms with E-state index in [-0.39, 0.29) is 0 Å². The van der Waals surface area contributed by atoms with Gasteiger partial charge < -0.3 is 10.8 Å². The van der Waals surface area contributed by atoms with Crippen LogP contribution in [0, 0.1) is 0 Å². The molecule has 0 bridgehead atoms. The van der Waals surface area contributed by atoms with Crippen LogP contribution in [0.25, 0.3) is 0 Å². The Morgan fingerprint density at radius 2 is 2.21 bits per heavy atom. The van der Waals surface area contributed by atoms with Gasteiger partial charge in [-0.2, -0.15) is 0 Å². The highest BCUT2D eigenvalue weighted by atomic mass is 16.3. The SMILES string of the molecule is CCC(N)CCCc1cccc(O)c1. The molecule has 0 saturated carbocycles. The van der Waals surface area contributed by atoms with Crippen molar-refractivity contribution in [2.75, 3.05) is 0 Å². The maximum atomic E-state index is 9.24. The Labute approximate surface area is 85.8 Å². The topological polar surface area (TPSA) is 46.2 Å². The van der Waals surface area contributed by atoms with E-state index < -0.39 is 0 Å². The molecule has 3 N–H and O–H groups in total. The van der Waals surface area contributed by atoms with Crippen molar-refractivity contribution in [2.24, 2.45) is 5.73 Å². The standard InChI is InChI=1S/C12H19NO/c1-2-11(13)7-3-5-10-6-4-8-12(14)9-10/h4,6,8-9,11,14H,2-3,5,7,13H2,1H3. The Morgan fingerprint density at radius 1 is 1.43 bits per heavy atom. The summed E-state index contributed by atoms with van der Waals surface area (Å²) in [4.78, 5) is 0. The maximum absolute atomic E-state index is 9.24. The molecular weight excluding hydrogens is 174 g/mol. The number of aromatic hydroxyl groups is 1. The van der Waals surface area contributed by atoms with Crippen LogP contribution in [0.15, 0.2) is 24.3 Å². The van der Waals surface area contributed by atoms with E-state index in [0.29, 0.717) is 11.8 Å². The zero-order valence-electron chi connectivity index (χ0n) is 8.74. The highest BCUT2D eigenvalue weighted by Gasteiger charge is 1.99. The van der Waals surface area contributed by atoms with Crippen molar-refractivity contribution in [3.63, 3.8) is 0 Å². The van der Waals surface area contributed by atoms with Gasteiger partial charge in [-0.1, -0.05) is 19.1 Å². The molecule has 2 nitrogen and oxygen atoms in total. The van der Waals surface area contributed by atoms with E-state index in [1.54, 1.807) is 6.07 Å². The lowest BCUT2D eigenvalue weighted by molar-refractivity contribution is 0.474. The first-order valence-corrected chi connectivity index (χ1v) is 5.26. The molecule has 14 heavy (non-hydrogen) atoms. The molecular formula is C12H19NO. The summed E-state index contributed by atoms with van der Waals surface area (Å²) in [5, 5.41) is 9.24. The van der Waals surface area contributed by atoms with Crippen LogP contribution < -0.4 is 5.73 Å². The molecule has 0 saturated heterocycles. The normalized spacial score (nSPS) is 12.7. The molecule has 0 amide bonds. The third-order valence-corrected chi connectivity index (χ3v) is 2.48. The van der Waals surface area contributed by atoms with E-state index >= 15 is 0 Å². The lowest BCUT2D eigenvalue weighted by Gasteiger charge is -2.07. The van der Waals surface area contributed by atoms with Crippen molar-refractivity contribution in [3.05, 3.63) is 29.8 Å². The van der Waals surface area contributed by atoms with E-state index in [4.69, 9.17) is 5.73 Å². The second kappa shape index (κ2) is 5.66. The van der Waals surface area contributed by atoms with E-state index in [2.05, 4.69) is 6.92 Å². The van der Waals surface area contributed by atoms with Gasteiger partial charge in [0, 0.05) is 6.04 Å². The third kappa shape index (κ3) is 3.79. The van der Waals surface area contributed by atoms with Crippen LogP contribution in [0.2, 0.25) is 0 Å². The van der Waals surface area contributed by atoms with E-state index in [1.807, 2.05) is 18.2 Å². The van der Waals surface area contributed by atoms with Crippen molar-refractivity contribution < 1.29 is 5.11 Å². The molecule has 0 heterocycles. The molecule has 1 unspecified atom stereocenters. The van der Waals surface area contributed by atoms with Crippen LogP contribution in [0.4, 0.5) is 0 Å². The van der Waals surface area contributed by atoms with Crippen molar-refractivity contribution >= 4 is 0 Å². The predicted molar refractivity (Wildman–Crippen MR) is 59.3 cm³/mol. The van der Waals surface area contributed by atoms with Gasteiger partial charge in [0.1, 0.15) is 5.75 Å². The summed E-state index contributed by atoms with van der Waals surface area (Å²) < 4.78 is 0. The van der Waals surface area contributed by atoms with Gasteiger partial charge in [0.25, 0.3) is 0 Å². The molecule has 0 aromatic heterocycles. The van der Waals surface area contributed by atoms with Gasteiger partial charge in [-0.05, 0) is 43.4 Å². The second-order valence-electron chi connectivity index (χ2n) is 3.73. The van der Waals surface area contributed by atoms with Crippen molar-refractivity contribution in [1.82, 2.24) is 0 Å². The number of phenols is 1. The minimum absolute atomic E-state index is 0.326. The summed E-state index contributed by atoms with van der Waals surface area (Å²) >= 11 is 0. The first kappa shape index (κ1) is 11.1. The largest absolute Gasteiger partial charge is 0.508 e. The monoisotopic (exact) mass is 193 g/mol. The molecule has 1 rings (SSSR count). The number of rotatable bonds is 5. The fraction of sp³-hybridized carbons (Fsp3) is 0.500. The predicted octanol–water partition coefficient (Wildman–Crippen LogP) is 2.45. The molecule has 0 radical (unpaired) electrons. The van der Waals surface area contributed by atoms with Crippen LogP contribution >= 0.6 is 0 Å². The number of phenolic OH excluding ortho intramolecular Hbond substituents is 1. The second-order valence-corrected chi connectivity index (χ2v) is 3.73. The summed E-state index contributed by atoms with van der Waals surface area (Å²) in [6, 6.07) is 7.76.